The first-order chi connectivity index (χ1) is 26.4. The minimum absolute atomic E-state index is 0.652. The molecule has 10 aromatic rings. The van der Waals surface area contributed by atoms with Crippen LogP contribution in [0.15, 0.2) is 181 Å². The summed E-state index contributed by atoms with van der Waals surface area (Å²) in [5.74, 6) is 0.652. The van der Waals surface area contributed by atoms with E-state index in [9.17, 15) is 0 Å². The fraction of sp³-hybridized carbons (Fsp3) is 0.0612. The predicted octanol–water partition coefficient (Wildman–Crippen LogP) is 12.7. The van der Waals surface area contributed by atoms with Gasteiger partial charge >= 0.3 is 0 Å². The third-order valence-corrected chi connectivity index (χ3v) is 12.2. The molecule has 0 atom stereocenters. The zero-order valence-corrected chi connectivity index (χ0v) is 31.3. The number of nitrogens with zero attached hydrogens (tertiary/aromatic N) is 4. The molecule has 260 valence electrons. The van der Waals surface area contributed by atoms with Gasteiger partial charge in [-0.3, -0.25) is 4.57 Å². The van der Waals surface area contributed by atoms with Crippen LogP contribution < -0.4 is 0 Å². The van der Waals surface area contributed by atoms with Gasteiger partial charge in [-0.2, -0.15) is 0 Å². The molecule has 3 aromatic heterocycles. The SMILES string of the molecule is CS(C)(C)c1ccc(-n2c3ccccc3c3ccc(-c4ccc5c(c4)c4ccccc4n5-c4nc(-c5ccccc5)cc(-c5ccccc5)n4)cc32)cc1. The molecule has 3 heterocycles. The highest BCUT2D eigenvalue weighted by Crippen LogP contribution is 2.45. The van der Waals surface area contributed by atoms with E-state index in [1.165, 1.54) is 54.3 Å². The number of rotatable bonds is 6. The zero-order valence-electron chi connectivity index (χ0n) is 30.4. The molecule has 0 N–H and O–H groups in total. The smallest absolute Gasteiger partial charge is 0.235 e. The first-order valence-corrected chi connectivity index (χ1v) is 21.1. The van der Waals surface area contributed by atoms with Crippen molar-refractivity contribution < 1.29 is 0 Å². The van der Waals surface area contributed by atoms with Crippen molar-refractivity contribution in [1.29, 1.82) is 0 Å². The van der Waals surface area contributed by atoms with Crippen LogP contribution in [0.5, 0.6) is 0 Å². The van der Waals surface area contributed by atoms with Gasteiger partial charge in [0.25, 0.3) is 0 Å². The second-order valence-electron chi connectivity index (χ2n) is 14.7. The van der Waals surface area contributed by atoms with Crippen molar-refractivity contribution >= 4 is 53.6 Å². The third-order valence-electron chi connectivity index (χ3n) is 10.5. The molecule has 10 rings (SSSR count). The molecule has 54 heavy (non-hydrogen) atoms. The van der Waals surface area contributed by atoms with E-state index in [0.29, 0.717) is 5.95 Å². The van der Waals surface area contributed by atoms with Crippen molar-refractivity contribution in [2.45, 2.75) is 4.90 Å². The Kier molecular flexibility index (Phi) is 7.53. The maximum atomic E-state index is 5.21. The van der Waals surface area contributed by atoms with E-state index in [1.54, 1.807) is 0 Å². The first-order valence-electron chi connectivity index (χ1n) is 18.3. The molecule has 0 radical (unpaired) electrons. The maximum absolute atomic E-state index is 5.21. The molecule has 4 nitrogen and oxygen atoms in total. The monoisotopic (exact) mass is 714 g/mol. The van der Waals surface area contributed by atoms with Gasteiger partial charge in [0, 0.05) is 38.4 Å². The third kappa shape index (κ3) is 5.39. The molecular weight excluding hydrogens is 677 g/mol. The Balaban J connectivity index is 1.16. The largest absolute Gasteiger partial charge is 0.309 e. The molecule has 0 unspecified atom stereocenters. The van der Waals surface area contributed by atoms with Crippen LogP contribution in [0.25, 0.3) is 88.9 Å². The fourth-order valence-electron chi connectivity index (χ4n) is 7.85. The Morgan fingerprint density at radius 3 is 1.50 bits per heavy atom. The Bertz CT molecular complexity index is 2950. The summed E-state index contributed by atoms with van der Waals surface area (Å²) in [7, 11) is -0.815. The highest BCUT2D eigenvalue weighted by molar-refractivity contribution is 8.32. The maximum Gasteiger partial charge on any atom is 0.235 e. The van der Waals surface area contributed by atoms with E-state index in [-0.39, 0.29) is 0 Å². The molecule has 7 aromatic carbocycles. The standard InChI is InChI=1S/C49H38N4S/c1-54(2,3)38-26-24-37(25-27-38)52-45-20-12-10-18-39(45)41-28-22-36(31-48(41)52)35-23-29-47-42(30-35)40-19-11-13-21-46(40)53(47)49-50-43(33-14-6-4-7-15-33)32-44(51-49)34-16-8-5-9-17-34/h4-32H,1-3H3. The van der Waals surface area contributed by atoms with Gasteiger partial charge in [-0.25, -0.2) is 20.0 Å². The zero-order chi connectivity index (χ0) is 36.4. The molecule has 0 saturated carbocycles. The number of hydrogen-bond donors (Lipinski definition) is 0. The van der Waals surface area contributed by atoms with Crippen LogP contribution in [-0.2, 0) is 0 Å². The summed E-state index contributed by atoms with van der Waals surface area (Å²) in [6.45, 7) is 0. The Labute approximate surface area is 316 Å². The van der Waals surface area contributed by atoms with Gasteiger partial charge in [0.15, 0.2) is 0 Å². The van der Waals surface area contributed by atoms with Crippen LogP contribution in [0.2, 0.25) is 0 Å². The van der Waals surface area contributed by atoms with Crippen molar-refractivity contribution in [2.75, 3.05) is 18.8 Å². The summed E-state index contributed by atoms with van der Waals surface area (Å²) < 4.78 is 4.64. The molecule has 0 spiro atoms. The van der Waals surface area contributed by atoms with Gasteiger partial charge in [0.1, 0.15) is 0 Å². The average Bonchev–Trinajstić information content (AvgIpc) is 3.73. The molecule has 0 amide bonds. The number of para-hydroxylation sites is 2. The van der Waals surface area contributed by atoms with Crippen molar-refractivity contribution in [3.8, 4) is 45.3 Å². The van der Waals surface area contributed by atoms with Crippen LogP contribution in [0.1, 0.15) is 0 Å². The van der Waals surface area contributed by atoms with E-state index >= 15 is 0 Å². The van der Waals surface area contributed by atoms with Crippen LogP contribution in [0.4, 0.5) is 0 Å². The average molecular weight is 715 g/mol. The van der Waals surface area contributed by atoms with E-state index in [4.69, 9.17) is 9.97 Å². The summed E-state index contributed by atoms with van der Waals surface area (Å²) in [5, 5.41) is 4.84. The van der Waals surface area contributed by atoms with Crippen molar-refractivity contribution in [3.05, 3.63) is 176 Å². The van der Waals surface area contributed by atoms with Gasteiger partial charge in [-0.15, -0.1) is 0 Å². The summed E-state index contributed by atoms with van der Waals surface area (Å²) in [6.07, 6.45) is 7.04. The van der Waals surface area contributed by atoms with E-state index in [0.717, 1.165) is 33.5 Å². The topological polar surface area (TPSA) is 35.6 Å². The molecule has 0 aliphatic heterocycles. The summed E-state index contributed by atoms with van der Waals surface area (Å²) in [5.41, 5.74) is 12.0. The predicted molar refractivity (Wildman–Crippen MR) is 231 cm³/mol. The van der Waals surface area contributed by atoms with Gasteiger partial charge in [0.05, 0.1) is 33.5 Å². The van der Waals surface area contributed by atoms with E-state index < -0.39 is 10.0 Å². The Morgan fingerprint density at radius 2 is 0.870 bits per heavy atom. The van der Waals surface area contributed by atoms with Gasteiger partial charge in [-0.05, 0) is 95.5 Å². The van der Waals surface area contributed by atoms with Crippen LogP contribution in [0.3, 0.4) is 0 Å². The van der Waals surface area contributed by atoms with Crippen LogP contribution in [0, 0.1) is 0 Å². The van der Waals surface area contributed by atoms with Crippen LogP contribution in [-0.4, -0.2) is 37.9 Å². The number of benzene rings is 7. The molecule has 0 bridgehead atoms. The summed E-state index contributed by atoms with van der Waals surface area (Å²) >= 11 is 0. The fourth-order valence-corrected chi connectivity index (χ4v) is 8.80. The van der Waals surface area contributed by atoms with E-state index in [1.807, 2.05) is 12.1 Å². The van der Waals surface area contributed by atoms with Gasteiger partial charge in [0.2, 0.25) is 5.95 Å². The van der Waals surface area contributed by atoms with Crippen molar-refractivity contribution in [1.82, 2.24) is 19.1 Å². The molecule has 0 aliphatic rings. The van der Waals surface area contributed by atoms with Gasteiger partial charge < -0.3 is 4.57 Å². The van der Waals surface area contributed by atoms with Crippen LogP contribution >= 0.6 is 10.0 Å². The second-order valence-corrected chi connectivity index (χ2v) is 18.8. The molecule has 0 saturated heterocycles. The minimum Gasteiger partial charge on any atom is -0.309 e. The summed E-state index contributed by atoms with van der Waals surface area (Å²) in [4.78, 5) is 11.8. The lowest BCUT2D eigenvalue weighted by Gasteiger charge is -2.26. The summed E-state index contributed by atoms with van der Waals surface area (Å²) in [6, 6.07) is 63.1. The lowest BCUT2D eigenvalue weighted by Crippen LogP contribution is -2.03. The minimum atomic E-state index is -0.815. The lowest BCUT2D eigenvalue weighted by molar-refractivity contribution is 0.995. The Hall–Kier alpha value is -6.43. The normalized spacial score (nSPS) is 12.3. The quantitative estimate of drug-likeness (QED) is 0.172. The second kappa shape index (κ2) is 12.6. The number of fused-ring (bicyclic) bond motifs is 6. The number of aromatic nitrogens is 4. The van der Waals surface area contributed by atoms with Crippen molar-refractivity contribution in [3.63, 3.8) is 0 Å². The molecule has 0 aliphatic carbocycles. The highest BCUT2D eigenvalue weighted by Gasteiger charge is 2.19. The lowest BCUT2D eigenvalue weighted by atomic mass is 10.0. The number of hydrogen-bond acceptors (Lipinski definition) is 2. The molecular formula is C49H38N4S. The first kappa shape index (κ1) is 32.2. The molecule has 0 fully saturated rings. The Morgan fingerprint density at radius 1 is 0.370 bits per heavy atom. The van der Waals surface area contributed by atoms with Gasteiger partial charge in [-0.1, -0.05) is 115 Å². The molecule has 5 heteroatoms. The van der Waals surface area contributed by atoms with E-state index in [2.05, 4.69) is 192 Å². The van der Waals surface area contributed by atoms with Crippen molar-refractivity contribution in [2.24, 2.45) is 0 Å². The highest BCUT2D eigenvalue weighted by atomic mass is 32.3.